The third-order valence-corrected chi connectivity index (χ3v) is 3.61. The summed E-state index contributed by atoms with van der Waals surface area (Å²) in [5.41, 5.74) is 3.10. The van der Waals surface area contributed by atoms with Crippen molar-refractivity contribution in [1.82, 2.24) is 15.0 Å². The van der Waals surface area contributed by atoms with Crippen LogP contribution < -0.4 is 16.1 Å². The molecule has 0 amide bonds. The number of aromatic nitrogens is 3. The van der Waals surface area contributed by atoms with Crippen LogP contribution in [0.15, 0.2) is 40.2 Å². The number of pyridine rings is 1. The van der Waals surface area contributed by atoms with Crippen molar-refractivity contribution in [2.45, 2.75) is 6.92 Å². The maximum atomic E-state index is 12.1. The van der Waals surface area contributed by atoms with Crippen molar-refractivity contribution >= 4 is 16.6 Å². The average Bonchev–Trinajstić information content (AvgIpc) is 2.46. The molecule has 0 fully saturated rings. The summed E-state index contributed by atoms with van der Waals surface area (Å²) in [6.07, 6.45) is 3.17. The minimum absolute atomic E-state index is 0.411. The number of benzene rings is 1. The highest BCUT2D eigenvalue weighted by Gasteiger charge is 2.15. The molecule has 22 heavy (non-hydrogen) atoms. The minimum Gasteiger partial charge on any atom is -0.376 e. The molecular weight excluding hydrogens is 280 g/mol. The molecule has 2 heterocycles. The molecule has 3 rings (SSSR count). The third-order valence-electron chi connectivity index (χ3n) is 3.61. The number of hydrogen-bond acceptors (Lipinski definition) is 4. The van der Waals surface area contributed by atoms with Gasteiger partial charge in [0.2, 0.25) is 0 Å². The van der Waals surface area contributed by atoms with Crippen LogP contribution in [-0.4, -0.2) is 29.0 Å². The number of aryl methyl sites for hydroxylation is 1. The van der Waals surface area contributed by atoms with Gasteiger partial charge in [0.1, 0.15) is 0 Å². The standard InChI is InChI=1S/C16H16N4O2/c1-9-7-11(12-8-18-16(22)19-15(12)21)10-5-4-6-17-13(10)14(9)20(2)3/h4-8H,1-3H3,(H2,18,19,21,22). The first-order valence-electron chi connectivity index (χ1n) is 6.87. The molecule has 3 aromatic rings. The fraction of sp³-hybridized carbons (Fsp3) is 0.188. The van der Waals surface area contributed by atoms with Crippen LogP contribution in [0.4, 0.5) is 5.69 Å². The molecule has 0 aliphatic carbocycles. The van der Waals surface area contributed by atoms with E-state index in [0.29, 0.717) is 5.56 Å². The zero-order valence-electron chi connectivity index (χ0n) is 12.6. The van der Waals surface area contributed by atoms with Crippen molar-refractivity contribution in [3.63, 3.8) is 0 Å². The molecule has 0 radical (unpaired) electrons. The van der Waals surface area contributed by atoms with E-state index in [-0.39, 0.29) is 0 Å². The Morgan fingerprint density at radius 3 is 2.64 bits per heavy atom. The summed E-state index contributed by atoms with van der Waals surface area (Å²) in [5.74, 6) is 0. The van der Waals surface area contributed by atoms with E-state index in [1.54, 1.807) is 6.20 Å². The molecule has 0 saturated heterocycles. The molecule has 0 saturated carbocycles. The lowest BCUT2D eigenvalue weighted by Crippen LogP contribution is -2.22. The SMILES string of the molecule is Cc1cc(-c2c[nH]c(=O)[nH]c2=O)c2cccnc2c1N(C)C. The van der Waals surface area contributed by atoms with E-state index in [2.05, 4.69) is 15.0 Å². The van der Waals surface area contributed by atoms with Gasteiger partial charge < -0.3 is 9.88 Å². The van der Waals surface area contributed by atoms with Gasteiger partial charge in [-0.2, -0.15) is 0 Å². The van der Waals surface area contributed by atoms with E-state index in [0.717, 1.165) is 27.7 Å². The van der Waals surface area contributed by atoms with Gasteiger partial charge in [0.15, 0.2) is 0 Å². The second kappa shape index (κ2) is 5.14. The molecule has 0 aliphatic heterocycles. The summed E-state index contributed by atoms with van der Waals surface area (Å²) < 4.78 is 0. The Bertz CT molecular complexity index is 970. The van der Waals surface area contributed by atoms with Gasteiger partial charge in [0.25, 0.3) is 5.56 Å². The number of aromatic amines is 2. The van der Waals surface area contributed by atoms with E-state index in [4.69, 9.17) is 0 Å². The fourth-order valence-electron chi connectivity index (χ4n) is 2.76. The van der Waals surface area contributed by atoms with E-state index < -0.39 is 11.2 Å². The molecule has 0 spiro atoms. The van der Waals surface area contributed by atoms with Gasteiger partial charge >= 0.3 is 5.69 Å². The number of fused-ring (bicyclic) bond motifs is 1. The van der Waals surface area contributed by atoms with Gasteiger partial charge in [-0.25, -0.2) is 4.79 Å². The Morgan fingerprint density at radius 2 is 1.95 bits per heavy atom. The summed E-state index contributed by atoms with van der Waals surface area (Å²) in [6, 6.07) is 5.71. The largest absolute Gasteiger partial charge is 0.376 e. The highest BCUT2D eigenvalue weighted by molar-refractivity contribution is 6.02. The van der Waals surface area contributed by atoms with E-state index in [9.17, 15) is 9.59 Å². The van der Waals surface area contributed by atoms with E-state index in [1.165, 1.54) is 6.20 Å². The van der Waals surface area contributed by atoms with Crippen LogP contribution in [-0.2, 0) is 0 Å². The molecule has 112 valence electrons. The third kappa shape index (κ3) is 2.18. The number of H-pyrrole nitrogens is 2. The van der Waals surface area contributed by atoms with Crippen LogP contribution in [0.2, 0.25) is 0 Å². The summed E-state index contributed by atoms with van der Waals surface area (Å²) >= 11 is 0. The van der Waals surface area contributed by atoms with Gasteiger partial charge in [-0.1, -0.05) is 6.07 Å². The summed E-state index contributed by atoms with van der Waals surface area (Å²) in [5, 5.41) is 0.870. The summed E-state index contributed by atoms with van der Waals surface area (Å²) in [4.78, 5) is 34.6. The fourth-order valence-corrected chi connectivity index (χ4v) is 2.76. The quantitative estimate of drug-likeness (QED) is 0.753. The van der Waals surface area contributed by atoms with Crippen LogP contribution in [0, 0.1) is 6.92 Å². The van der Waals surface area contributed by atoms with Gasteiger partial charge in [0.05, 0.1) is 16.8 Å². The Hall–Kier alpha value is -2.89. The number of hydrogen-bond donors (Lipinski definition) is 2. The van der Waals surface area contributed by atoms with Crippen LogP contribution >= 0.6 is 0 Å². The molecular formula is C16H16N4O2. The first-order chi connectivity index (χ1) is 10.5. The lowest BCUT2D eigenvalue weighted by Gasteiger charge is -2.19. The van der Waals surface area contributed by atoms with Crippen LogP contribution in [0.5, 0.6) is 0 Å². The molecule has 2 aromatic heterocycles. The topological polar surface area (TPSA) is 81.8 Å². The molecule has 1 aromatic carbocycles. The molecule has 2 N–H and O–H groups in total. The van der Waals surface area contributed by atoms with Crippen molar-refractivity contribution in [3.05, 3.63) is 57.0 Å². The Morgan fingerprint density at radius 1 is 1.18 bits per heavy atom. The lowest BCUT2D eigenvalue weighted by atomic mass is 9.98. The molecule has 0 bridgehead atoms. The second-order valence-corrected chi connectivity index (χ2v) is 5.37. The van der Waals surface area contributed by atoms with Crippen LogP contribution in [0.25, 0.3) is 22.0 Å². The smallest absolute Gasteiger partial charge is 0.325 e. The van der Waals surface area contributed by atoms with Gasteiger partial charge in [-0.05, 0) is 30.2 Å². The van der Waals surface area contributed by atoms with Crippen molar-refractivity contribution < 1.29 is 0 Å². The number of anilines is 1. The molecule has 0 unspecified atom stereocenters. The predicted octanol–water partition coefficient (Wildman–Crippen LogP) is 1.65. The van der Waals surface area contributed by atoms with Gasteiger partial charge in [0, 0.05) is 31.9 Å². The van der Waals surface area contributed by atoms with Crippen molar-refractivity contribution in [2.24, 2.45) is 0 Å². The average molecular weight is 296 g/mol. The summed E-state index contributed by atoms with van der Waals surface area (Å²) in [7, 11) is 3.92. The molecule has 0 aliphatic rings. The van der Waals surface area contributed by atoms with Crippen molar-refractivity contribution in [3.8, 4) is 11.1 Å². The molecule has 6 nitrogen and oxygen atoms in total. The highest BCUT2D eigenvalue weighted by Crippen LogP contribution is 2.34. The highest BCUT2D eigenvalue weighted by atomic mass is 16.2. The summed E-state index contributed by atoms with van der Waals surface area (Å²) in [6.45, 7) is 1.98. The molecule has 6 heteroatoms. The maximum absolute atomic E-state index is 12.1. The van der Waals surface area contributed by atoms with E-state index in [1.807, 2.05) is 44.1 Å². The number of nitrogens with one attached hydrogen (secondary N) is 2. The van der Waals surface area contributed by atoms with Gasteiger partial charge in [-0.3, -0.25) is 14.8 Å². The normalized spacial score (nSPS) is 10.9. The zero-order chi connectivity index (χ0) is 15.9. The number of rotatable bonds is 2. The Balaban J connectivity index is 2.44. The van der Waals surface area contributed by atoms with Crippen LogP contribution in [0.3, 0.4) is 0 Å². The zero-order valence-corrected chi connectivity index (χ0v) is 12.6. The number of nitrogens with zero attached hydrogens (tertiary/aromatic N) is 2. The Labute approximate surface area is 126 Å². The van der Waals surface area contributed by atoms with Gasteiger partial charge in [-0.15, -0.1) is 0 Å². The van der Waals surface area contributed by atoms with Crippen molar-refractivity contribution in [1.29, 1.82) is 0 Å². The molecule has 0 atom stereocenters. The monoisotopic (exact) mass is 296 g/mol. The minimum atomic E-state index is -0.516. The predicted molar refractivity (Wildman–Crippen MR) is 87.5 cm³/mol. The Kier molecular flexibility index (Phi) is 3.29. The second-order valence-electron chi connectivity index (χ2n) is 5.37. The first kappa shape index (κ1) is 14.1. The van der Waals surface area contributed by atoms with Crippen molar-refractivity contribution in [2.75, 3.05) is 19.0 Å². The lowest BCUT2D eigenvalue weighted by molar-refractivity contribution is 1.04. The first-order valence-corrected chi connectivity index (χ1v) is 6.87. The van der Waals surface area contributed by atoms with Crippen LogP contribution in [0.1, 0.15) is 5.56 Å². The van der Waals surface area contributed by atoms with E-state index >= 15 is 0 Å². The maximum Gasteiger partial charge on any atom is 0.325 e.